The SMILES string of the molecule is CCC(C)N(CC)Cc1cccc(Cl)n1. The van der Waals surface area contributed by atoms with Crippen molar-refractivity contribution in [2.45, 2.75) is 39.8 Å². The van der Waals surface area contributed by atoms with E-state index < -0.39 is 0 Å². The molecule has 1 rings (SSSR count). The van der Waals surface area contributed by atoms with Crippen LogP contribution in [0.1, 0.15) is 32.9 Å². The molecule has 0 aliphatic rings. The fourth-order valence-electron chi connectivity index (χ4n) is 1.58. The number of aromatic nitrogens is 1. The molecule has 1 aromatic rings. The molecule has 0 aliphatic heterocycles. The Morgan fingerprint density at radius 3 is 2.67 bits per heavy atom. The Kier molecular flexibility index (Phi) is 5.06. The largest absolute Gasteiger partial charge is 0.295 e. The number of pyridine rings is 1. The molecule has 0 amide bonds. The first-order valence-corrected chi connectivity index (χ1v) is 5.90. The lowest BCUT2D eigenvalue weighted by Gasteiger charge is -2.26. The van der Waals surface area contributed by atoms with Crippen LogP contribution in [-0.2, 0) is 6.54 Å². The van der Waals surface area contributed by atoms with E-state index in [1.165, 1.54) is 0 Å². The number of halogens is 1. The van der Waals surface area contributed by atoms with Gasteiger partial charge in [-0.05, 0) is 32.0 Å². The zero-order chi connectivity index (χ0) is 11.3. The average molecular weight is 227 g/mol. The second-order valence-electron chi connectivity index (χ2n) is 3.77. The summed E-state index contributed by atoms with van der Waals surface area (Å²) in [6, 6.07) is 6.38. The van der Waals surface area contributed by atoms with E-state index in [2.05, 4.69) is 30.7 Å². The van der Waals surface area contributed by atoms with Gasteiger partial charge in [-0.1, -0.05) is 31.5 Å². The van der Waals surface area contributed by atoms with Crippen molar-refractivity contribution in [1.82, 2.24) is 9.88 Å². The highest BCUT2D eigenvalue weighted by Crippen LogP contribution is 2.11. The van der Waals surface area contributed by atoms with E-state index in [4.69, 9.17) is 11.6 Å². The Morgan fingerprint density at radius 2 is 2.13 bits per heavy atom. The molecule has 0 saturated heterocycles. The summed E-state index contributed by atoms with van der Waals surface area (Å²) in [4.78, 5) is 6.70. The van der Waals surface area contributed by atoms with Gasteiger partial charge in [0, 0.05) is 12.6 Å². The standard InChI is InChI=1S/C12H19ClN2/c1-4-10(3)15(5-2)9-11-7-6-8-12(13)14-11/h6-8,10H,4-5,9H2,1-3H3. The first kappa shape index (κ1) is 12.5. The van der Waals surface area contributed by atoms with E-state index in [9.17, 15) is 0 Å². The summed E-state index contributed by atoms with van der Waals surface area (Å²) in [7, 11) is 0. The van der Waals surface area contributed by atoms with Crippen molar-refractivity contribution in [3.63, 3.8) is 0 Å². The predicted octanol–water partition coefficient (Wildman–Crippen LogP) is 3.36. The van der Waals surface area contributed by atoms with Crippen LogP contribution in [0, 0.1) is 0 Å². The minimum absolute atomic E-state index is 0.577. The smallest absolute Gasteiger partial charge is 0.129 e. The van der Waals surface area contributed by atoms with Crippen LogP contribution in [0.15, 0.2) is 18.2 Å². The zero-order valence-electron chi connectivity index (χ0n) is 9.70. The van der Waals surface area contributed by atoms with Crippen molar-refractivity contribution in [2.24, 2.45) is 0 Å². The van der Waals surface area contributed by atoms with Crippen LogP contribution in [0.3, 0.4) is 0 Å². The third kappa shape index (κ3) is 3.80. The van der Waals surface area contributed by atoms with Crippen LogP contribution >= 0.6 is 11.6 Å². The third-order valence-corrected chi connectivity index (χ3v) is 2.97. The topological polar surface area (TPSA) is 16.1 Å². The van der Waals surface area contributed by atoms with Gasteiger partial charge in [-0.2, -0.15) is 0 Å². The van der Waals surface area contributed by atoms with Crippen molar-refractivity contribution in [3.05, 3.63) is 29.0 Å². The monoisotopic (exact) mass is 226 g/mol. The third-order valence-electron chi connectivity index (χ3n) is 2.76. The molecule has 1 unspecified atom stereocenters. The van der Waals surface area contributed by atoms with Crippen molar-refractivity contribution in [1.29, 1.82) is 0 Å². The lowest BCUT2D eigenvalue weighted by atomic mass is 10.2. The maximum absolute atomic E-state index is 5.86. The fourth-order valence-corrected chi connectivity index (χ4v) is 1.77. The highest BCUT2D eigenvalue weighted by molar-refractivity contribution is 6.29. The predicted molar refractivity (Wildman–Crippen MR) is 65.1 cm³/mol. The normalized spacial score (nSPS) is 13.1. The zero-order valence-corrected chi connectivity index (χ0v) is 10.5. The van der Waals surface area contributed by atoms with Gasteiger partial charge >= 0.3 is 0 Å². The van der Waals surface area contributed by atoms with Gasteiger partial charge in [0.2, 0.25) is 0 Å². The molecule has 0 N–H and O–H groups in total. The van der Waals surface area contributed by atoms with Crippen LogP contribution in [-0.4, -0.2) is 22.5 Å². The quantitative estimate of drug-likeness (QED) is 0.716. The van der Waals surface area contributed by atoms with Crippen molar-refractivity contribution < 1.29 is 0 Å². The molecule has 1 aromatic heterocycles. The van der Waals surface area contributed by atoms with Crippen LogP contribution in [0.5, 0.6) is 0 Å². The maximum Gasteiger partial charge on any atom is 0.129 e. The fraction of sp³-hybridized carbons (Fsp3) is 0.583. The average Bonchev–Trinajstić information content (AvgIpc) is 2.25. The van der Waals surface area contributed by atoms with Gasteiger partial charge in [0.15, 0.2) is 0 Å². The Balaban J connectivity index is 2.66. The van der Waals surface area contributed by atoms with E-state index in [0.717, 1.165) is 25.2 Å². The van der Waals surface area contributed by atoms with E-state index in [1.54, 1.807) is 0 Å². The highest BCUT2D eigenvalue weighted by Gasteiger charge is 2.10. The van der Waals surface area contributed by atoms with Crippen molar-refractivity contribution >= 4 is 11.6 Å². The number of nitrogens with zero attached hydrogens (tertiary/aromatic N) is 2. The lowest BCUT2D eigenvalue weighted by Crippen LogP contribution is -2.32. The molecule has 15 heavy (non-hydrogen) atoms. The molecule has 0 saturated carbocycles. The van der Waals surface area contributed by atoms with E-state index in [-0.39, 0.29) is 0 Å². The van der Waals surface area contributed by atoms with Crippen LogP contribution < -0.4 is 0 Å². The maximum atomic E-state index is 5.86. The molecule has 0 radical (unpaired) electrons. The lowest BCUT2D eigenvalue weighted by molar-refractivity contribution is 0.203. The van der Waals surface area contributed by atoms with Gasteiger partial charge in [0.25, 0.3) is 0 Å². The molecule has 0 aliphatic carbocycles. The van der Waals surface area contributed by atoms with Crippen LogP contribution in [0.4, 0.5) is 0 Å². The summed E-state index contributed by atoms with van der Waals surface area (Å²) in [5.74, 6) is 0. The van der Waals surface area contributed by atoms with Crippen molar-refractivity contribution in [3.8, 4) is 0 Å². The molecule has 84 valence electrons. The Morgan fingerprint density at radius 1 is 1.40 bits per heavy atom. The second kappa shape index (κ2) is 6.09. The second-order valence-corrected chi connectivity index (χ2v) is 4.16. The van der Waals surface area contributed by atoms with E-state index in [1.807, 2.05) is 18.2 Å². The van der Waals surface area contributed by atoms with Gasteiger partial charge in [-0.25, -0.2) is 4.98 Å². The van der Waals surface area contributed by atoms with Gasteiger partial charge in [0.05, 0.1) is 5.69 Å². The molecular weight excluding hydrogens is 208 g/mol. The van der Waals surface area contributed by atoms with E-state index >= 15 is 0 Å². The summed E-state index contributed by atoms with van der Waals surface area (Å²) < 4.78 is 0. The first-order valence-electron chi connectivity index (χ1n) is 5.52. The Labute approximate surface area is 97.3 Å². The minimum atomic E-state index is 0.577. The van der Waals surface area contributed by atoms with Crippen molar-refractivity contribution in [2.75, 3.05) is 6.54 Å². The number of rotatable bonds is 5. The molecule has 0 bridgehead atoms. The van der Waals surface area contributed by atoms with E-state index in [0.29, 0.717) is 11.2 Å². The van der Waals surface area contributed by atoms with Crippen LogP contribution in [0.2, 0.25) is 5.15 Å². The molecular formula is C12H19ClN2. The summed E-state index contributed by atoms with van der Waals surface area (Å²) >= 11 is 5.86. The summed E-state index contributed by atoms with van der Waals surface area (Å²) in [6.07, 6.45) is 1.16. The molecule has 0 spiro atoms. The highest BCUT2D eigenvalue weighted by atomic mass is 35.5. The van der Waals surface area contributed by atoms with Crippen LogP contribution in [0.25, 0.3) is 0 Å². The van der Waals surface area contributed by atoms with Gasteiger partial charge < -0.3 is 0 Å². The summed E-state index contributed by atoms with van der Waals surface area (Å²) in [6.45, 7) is 8.55. The van der Waals surface area contributed by atoms with Gasteiger partial charge in [-0.15, -0.1) is 0 Å². The molecule has 1 heterocycles. The van der Waals surface area contributed by atoms with Gasteiger partial charge in [0.1, 0.15) is 5.15 Å². The Hall–Kier alpha value is -0.600. The first-order chi connectivity index (χ1) is 7.17. The summed E-state index contributed by atoms with van der Waals surface area (Å²) in [5, 5.41) is 0.577. The summed E-state index contributed by atoms with van der Waals surface area (Å²) in [5.41, 5.74) is 1.05. The number of hydrogen-bond donors (Lipinski definition) is 0. The molecule has 2 nitrogen and oxygen atoms in total. The molecule has 0 aromatic carbocycles. The number of hydrogen-bond acceptors (Lipinski definition) is 2. The molecule has 0 fully saturated rings. The molecule has 1 atom stereocenters. The molecule has 3 heteroatoms. The minimum Gasteiger partial charge on any atom is -0.295 e. The Bertz CT molecular complexity index is 301. The van der Waals surface area contributed by atoms with Gasteiger partial charge in [-0.3, -0.25) is 4.90 Å².